The second kappa shape index (κ2) is 78.8. The first-order chi connectivity index (χ1) is 66.8. The van der Waals surface area contributed by atoms with Crippen molar-refractivity contribution in [2.75, 3.05) is 0 Å². The van der Waals surface area contributed by atoms with Gasteiger partial charge in [-0.2, -0.15) is 0 Å². The SMILES string of the molecule is C/C=C/C(=O)CCC(=O)C(C)(C)C.C/C=C/C(=O)CCC(=O)CCC(=O)C(C)(C)C.C=C(C)C(=O)CCC(=O)C(C)(C)C.C=C(C)C(=O)CCC(=O)CCC(=O)C(C)(C)C.C=CC(=O)NC(C)(C)C.CC(C)(C)C(=O)CCC(=O)/C=C/C1CC1.CC(C)/C=C/C(=O)CCC(=O)C(C)(C)C.CC(C)=CC(=O)C(=O)C(C)(C)C.CC(C)=CC(=O)C(C)(C)C.CC(C)=CC(=O)CCC(=O)C(C)(C)C.CC/C=C/C(=O)CCC(=O)C(C)(C)C. The van der Waals surface area contributed by atoms with Crippen LogP contribution < -0.4 is 5.32 Å². The Hall–Kier alpha value is -10.3. The number of hydrogen-bond acceptors (Lipinski definition) is 22. The Morgan fingerprint density at radius 2 is 0.537 bits per heavy atom. The summed E-state index contributed by atoms with van der Waals surface area (Å²) in [4.78, 5) is 249. The van der Waals surface area contributed by atoms with Crippen LogP contribution in [0.2, 0.25) is 0 Å². The summed E-state index contributed by atoms with van der Waals surface area (Å²) in [6.45, 7) is 96.1. The van der Waals surface area contributed by atoms with Gasteiger partial charge in [0, 0.05) is 188 Å². The van der Waals surface area contributed by atoms with E-state index in [0.29, 0.717) is 100 Å². The summed E-state index contributed by atoms with van der Waals surface area (Å²) >= 11 is 0. The molecular formula is C126H207NO22. The Morgan fingerprint density at radius 1 is 0.295 bits per heavy atom. The van der Waals surface area contributed by atoms with Crippen molar-refractivity contribution in [2.24, 2.45) is 66.0 Å². The number of rotatable bonds is 45. The molecule has 1 aliphatic rings. The van der Waals surface area contributed by atoms with Crippen molar-refractivity contribution in [3.05, 3.63) is 133 Å². The molecule has 1 N–H and O–H groups in total. The van der Waals surface area contributed by atoms with Crippen LogP contribution in [0.1, 0.15) is 466 Å². The van der Waals surface area contributed by atoms with Crippen LogP contribution in [0, 0.1) is 66.0 Å². The quantitative estimate of drug-likeness (QED) is 0.0437. The molecule has 0 heterocycles. The zero-order chi connectivity index (χ0) is 120. The molecule has 0 saturated heterocycles. The lowest BCUT2D eigenvalue weighted by Crippen LogP contribution is -2.39. The molecule has 1 rings (SSSR count). The zero-order valence-electron chi connectivity index (χ0n) is 102. The van der Waals surface area contributed by atoms with E-state index in [1.165, 1.54) is 37.1 Å². The third-order valence-electron chi connectivity index (χ3n) is 20.5. The van der Waals surface area contributed by atoms with Gasteiger partial charge in [0.1, 0.15) is 57.8 Å². The van der Waals surface area contributed by atoms with Gasteiger partial charge in [-0.15, -0.1) is 0 Å². The van der Waals surface area contributed by atoms with E-state index in [9.17, 15) is 105 Å². The molecule has 0 radical (unpaired) electrons. The highest BCUT2D eigenvalue weighted by Gasteiger charge is 2.31. The van der Waals surface area contributed by atoms with E-state index in [0.717, 1.165) is 23.1 Å². The van der Waals surface area contributed by atoms with Gasteiger partial charge in [-0.3, -0.25) is 105 Å². The fourth-order valence-electron chi connectivity index (χ4n) is 9.97. The predicted octanol–water partition coefficient (Wildman–Crippen LogP) is 28.5. The highest BCUT2D eigenvalue weighted by Crippen LogP contribution is 2.31. The lowest BCUT2D eigenvalue weighted by Gasteiger charge is -2.18. The molecule has 0 aliphatic heterocycles. The maximum Gasteiger partial charge on any atom is 0.243 e. The second-order valence-electron chi connectivity index (χ2n) is 49.9. The topological polar surface area (TPSA) is 388 Å². The normalized spacial score (nSPS) is 12.0. The van der Waals surface area contributed by atoms with Crippen LogP contribution in [0.4, 0.5) is 0 Å². The van der Waals surface area contributed by atoms with Crippen LogP contribution in [0.15, 0.2) is 133 Å². The summed E-state index contributed by atoms with van der Waals surface area (Å²) in [5.41, 5.74) is 0.232. The van der Waals surface area contributed by atoms with Gasteiger partial charge >= 0.3 is 0 Å². The van der Waals surface area contributed by atoms with Crippen molar-refractivity contribution < 1.29 is 105 Å². The smallest absolute Gasteiger partial charge is 0.243 e. The lowest BCUT2D eigenvalue weighted by molar-refractivity contribution is -0.138. The van der Waals surface area contributed by atoms with E-state index in [-0.39, 0.29) is 222 Å². The first-order valence-corrected chi connectivity index (χ1v) is 52.5. The van der Waals surface area contributed by atoms with Crippen LogP contribution >= 0.6 is 0 Å². The molecule has 1 amide bonds. The van der Waals surface area contributed by atoms with Gasteiger partial charge in [0.05, 0.1) is 0 Å². The molecule has 0 aromatic heterocycles. The first kappa shape index (κ1) is 159. The van der Waals surface area contributed by atoms with E-state index in [4.69, 9.17) is 0 Å². The summed E-state index contributed by atoms with van der Waals surface area (Å²) in [7, 11) is 0. The molecule has 0 aromatic rings. The summed E-state index contributed by atoms with van der Waals surface area (Å²) in [5, 5.41) is 2.71. The average Bonchev–Trinajstić information content (AvgIpc) is 1.84. The summed E-state index contributed by atoms with van der Waals surface area (Å²) in [5.74, 6) is 1.47. The Balaban J connectivity index is -0.000000179. The molecule has 0 atom stereocenters. The van der Waals surface area contributed by atoms with Crippen LogP contribution in [-0.2, 0) is 105 Å². The molecule has 1 aliphatic carbocycles. The predicted molar refractivity (Wildman–Crippen MR) is 613 cm³/mol. The van der Waals surface area contributed by atoms with Crippen LogP contribution in [-0.4, -0.2) is 133 Å². The monoisotopic (exact) mass is 2090 g/mol. The van der Waals surface area contributed by atoms with E-state index in [2.05, 4.69) is 25.1 Å². The lowest BCUT2D eigenvalue weighted by atomic mass is 9.87. The Kier molecular flexibility index (Phi) is 83.9. The largest absolute Gasteiger partial charge is 0.348 e. The minimum absolute atomic E-state index is 0.0135. The number of carbonyl (C=O) groups excluding carboxylic acids is 22. The van der Waals surface area contributed by atoms with Gasteiger partial charge in [-0.1, -0.05) is 295 Å². The van der Waals surface area contributed by atoms with Crippen molar-refractivity contribution in [2.45, 2.75) is 472 Å². The molecule has 23 nitrogen and oxygen atoms in total. The average molecular weight is 2090 g/mol. The standard InChI is InChI=1S/2C14H22O3.C13H20O2.C13H22O2.2C12H20O2.2C11H18O2.C10H16O2.C9H16O.C7H13NO/c1-10(2)12(16)8-6-11(15)7-9-13(17)14(3,4)5;1-5-6-11(15)7-8-12(16)9-10-13(17)14(2,3)4;1-13(2,3)12(15)9-8-11(14)7-6-10-4-5-10;1-10(2)6-7-11(14)8-9-12(15)13(3,4)5;1-9(2)8-10(13)6-7-11(14)12(3,4)5;1-5-6-7-10(13)8-9-11(14)12(2,3)4;1-8(2)9(12)6-7-10(13)11(3,4)5;1-5-6-9(12)7-8-10(13)11(2,3)4;1-7(2)6-8(11)9(12)10(3,4)5;1-7(2)6-8(10)9(3,4)5;1-5-6(9)8-7(2,3)4/h1,6-9H2,2-5H3;5-6H,7-10H2,1-4H3;6-7,10H,4-5,8-9H2,1-3H3;6-7,10H,8-9H2,1-5H3;8H,6-7H2,1-5H3;6-7H,5,8-9H2,1-4H3;1,6-7H2,2-5H3;5-6H,7-8H2,1-4H3;6H,1-5H3;6H,1-5H3;5H,1H2,2-4H3,(H,8,9)/b;6-5+;2*7-6+;;7-6+;;6-5+;;;. The number of amides is 1. The van der Waals surface area contributed by atoms with Gasteiger partial charge in [0.25, 0.3) is 0 Å². The van der Waals surface area contributed by atoms with Crippen LogP contribution in [0.25, 0.3) is 0 Å². The van der Waals surface area contributed by atoms with E-state index < -0.39 is 16.6 Å². The molecule has 23 heteroatoms. The van der Waals surface area contributed by atoms with E-state index in [1.54, 1.807) is 105 Å². The fourth-order valence-corrected chi connectivity index (χ4v) is 9.97. The van der Waals surface area contributed by atoms with Gasteiger partial charge in [-0.05, 0) is 187 Å². The Morgan fingerprint density at radius 3 is 0.758 bits per heavy atom. The highest BCUT2D eigenvalue weighted by atomic mass is 16.2. The minimum atomic E-state index is -0.566. The molecular weight excluding hydrogens is 1880 g/mol. The number of nitrogens with one attached hydrogen (secondary N) is 1. The molecule has 0 bridgehead atoms. The van der Waals surface area contributed by atoms with Gasteiger partial charge in [-0.25, -0.2) is 0 Å². The van der Waals surface area contributed by atoms with Crippen molar-refractivity contribution in [3.63, 3.8) is 0 Å². The molecule has 0 aromatic carbocycles. The van der Waals surface area contributed by atoms with Gasteiger partial charge in [0.2, 0.25) is 17.5 Å². The fraction of sp³-hybridized carbons (Fsp3) is 0.651. The number of carbonyl (C=O) groups is 22. The number of Topliss-reactive ketones (excluding diaryl/α,β-unsaturated/α-hetero) is 13. The van der Waals surface area contributed by atoms with E-state index in [1.807, 2.05) is 274 Å². The Bertz CT molecular complexity index is 4570. The molecule has 0 unspecified atom stereocenters. The number of ketones is 21. The van der Waals surface area contributed by atoms with Crippen molar-refractivity contribution in [3.8, 4) is 0 Å². The number of allylic oxidation sites excluding steroid dienone is 18. The molecule has 1 fully saturated rings. The summed E-state index contributed by atoms with van der Waals surface area (Å²) < 4.78 is 0. The maximum absolute atomic E-state index is 11.6. The minimum Gasteiger partial charge on any atom is -0.348 e. The van der Waals surface area contributed by atoms with Crippen molar-refractivity contribution in [1.29, 1.82) is 0 Å². The number of hydrogen-bond donors (Lipinski definition) is 1. The van der Waals surface area contributed by atoms with Crippen molar-refractivity contribution >= 4 is 127 Å². The van der Waals surface area contributed by atoms with Gasteiger partial charge < -0.3 is 5.32 Å². The van der Waals surface area contributed by atoms with Gasteiger partial charge in [0.15, 0.2) is 52.0 Å². The first-order valence-electron chi connectivity index (χ1n) is 52.5. The summed E-state index contributed by atoms with van der Waals surface area (Å²) in [6.07, 6.45) is 32.1. The highest BCUT2D eigenvalue weighted by molar-refractivity contribution is 6.43. The van der Waals surface area contributed by atoms with Crippen LogP contribution in [0.5, 0.6) is 0 Å². The van der Waals surface area contributed by atoms with Crippen molar-refractivity contribution in [1.82, 2.24) is 5.32 Å². The molecule has 1 saturated carbocycles. The second-order valence-corrected chi connectivity index (χ2v) is 49.9. The molecule has 848 valence electrons. The molecule has 0 spiro atoms. The molecule has 149 heavy (non-hydrogen) atoms. The summed E-state index contributed by atoms with van der Waals surface area (Å²) in [6, 6.07) is 0. The van der Waals surface area contributed by atoms with E-state index >= 15 is 0 Å². The zero-order valence-corrected chi connectivity index (χ0v) is 102. The third kappa shape index (κ3) is 107. The maximum atomic E-state index is 11.6. The Labute approximate surface area is 903 Å². The van der Waals surface area contributed by atoms with Crippen LogP contribution in [0.3, 0.4) is 0 Å². The third-order valence-corrected chi connectivity index (χ3v) is 20.5.